The number of aromatic hydroxyl groups is 1. The number of phenolic OH excluding ortho intramolecular Hbond substituents is 1. The smallest absolute Gasteiger partial charge is 0.326 e. The number of unbranched alkanes of at least 4 members (excludes halogenated alkanes) is 1. The predicted octanol–water partition coefficient (Wildman–Crippen LogP) is -1.72. The zero-order valence-electron chi connectivity index (χ0n) is 21.7. The van der Waals surface area contributed by atoms with Crippen molar-refractivity contribution in [1.82, 2.24) is 25.9 Å². The van der Waals surface area contributed by atoms with Crippen molar-refractivity contribution in [3.8, 4) is 5.75 Å². The number of nitrogens with one attached hydrogen (secondary N) is 4. The van der Waals surface area contributed by atoms with Crippen LogP contribution in [0.4, 0.5) is 0 Å². The van der Waals surface area contributed by atoms with E-state index in [2.05, 4.69) is 25.9 Å². The molecule has 1 aromatic carbocycles. The second kappa shape index (κ2) is 15.4. The highest BCUT2D eigenvalue weighted by atomic mass is 16.4. The first-order valence-corrected chi connectivity index (χ1v) is 12.5. The molecule has 0 saturated heterocycles. The Bertz CT molecular complexity index is 1080. The van der Waals surface area contributed by atoms with Gasteiger partial charge in [-0.2, -0.15) is 0 Å². The van der Waals surface area contributed by atoms with Gasteiger partial charge >= 0.3 is 5.97 Å². The first-order valence-electron chi connectivity index (χ1n) is 12.5. The average molecular weight is 548 g/mol. The number of hydrogen-bond donors (Lipinski definition) is 9. The normalized spacial score (nSPS) is 14.9. The van der Waals surface area contributed by atoms with Crippen LogP contribution in [0.25, 0.3) is 0 Å². The van der Waals surface area contributed by atoms with Crippen molar-refractivity contribution in [2.24, 2.45) is 11.5 Å². The highest BCUT2D eigenvalue weighted by Gasteiger charge is 2.31. The molecule has 214 valence electrons. The van der Waals surface area contributed by atoms with Crippen LogP contribution in [0, 0.1) is 0 Å². The summed E-state index contributed by atoms with van der Waals surface area (Å²) in [6.45, 7) is 1.71. The second-order valence-electron chi connectivity index (χ2n) is 9.22. The fraction of sp³-hybridized carbons (Fsp3) is 0.480. The number of hydrogen-bond acceptors (Lipinski definition) is 9. The third-order valence-corrected chi connectivity index (χ3v) is 6.00. The number of nitrogens with two attached hydrogens (primary N) is 2. The van der Waals surface area contributed by atoms with E-state index in [4.69, 9.17) is 11.5 Å². The Morgan fingerprint density at radius 1 is 0.949 bits per heavy atom. The van der Waals surface area contributed by atoms with E-state index in [0.717, 1.165) is 0 Å². The SMILES string of the molecule is CC(O)C(N)C(=O)NC(CCCCN)C(=O)NC(Cc1ccc(O)cc1)C(=O)NC(Cc1cnc[nH]1)C(=O)O. The summed E-state index contributed by atoms with van der Waals surface area (Å²) < 4.78 is 0. The number of aliphatic carboxylic acids is 1. The molecule has 0 saturated carbocycles. The Kier molecular flexibility index (Phi) is 12.3. The van der Waals surface area contributed by atoms with Gasteiger partial charge in [0.05, 0.1) is 12.4 Å². The maximum Gasteiger partial charge on any atom is 0.326 e. The summed E-state index contributed by atoms with van der Waals surface area (Å²) in [5, 5.41) is 36.5. The highest BCUT2D eigenvalue weighted by Crippen LogP contribution is 2.13. The molecule has 3 amide bonds. The number of carbonyl (C=O) groups is 4. The van der Waals surface area contributed by atoms with Crippen molar-refractivity contribution < 1.29 is 34.5 Å². The maximum atomic E-state index is 13.3. The molecule has 39 heavy (non-hydrogen) atoms. The van der Waals surface area contributed by atoms with Crippen molar-refractivity contribution in [2.75, 3.05) is 6.54 Å². The van der Waals surface area contributed by atoms with E-state index in [1.54, 1.807) is 12.1 Å². The number of H-pyrrole nitrogens is 1. The van der Waals surface area contributed by atoms with Crippen LogP contribution in [-0.4, -0.2) is 85.8 Å². The summed E-state index contributed by atoms with van der Waals surface area (Å²) in [6.07, 6.45) is 2.80. The van der Waals surface area contributed by atoms with Gasteiger partial charge in [0.15, 0.2) is 0 Å². The molecule has 0 aliphatic rings. The number of aromatic amines is 1. The van der Waals surface area contributed by atoms with Crippen LogP contribution >= 0.6 is 0 Å². The zero-order valence-corrected chi connectivity index (χ0v) is 21.7. The molecule has 11 N–H and O–H groups in total. The maximum absolute atomic E-state index is 13.3. The third-order valence-electron chi connectivity index (χ3n) is 6.00. The molecule has 1 aromatic heterocycles. The van der Waals surface area contributed by atoms with Crippen LogP contribution in [0.1, 0.15) is 37.4 Å². The molecular weight excluding hydrogens is 510 g/mol. The standard InChI is InChI=1S/C25H37N7O7/c1-14(33)21(27)24(37)30-18(4-2-3-9-26)22(35)31-19(10-15-5-7-17(34)8-6-15)23(36)32-20(25(38)39)11-16-12-28-13-29-16/h5-8,12-14,18-21,33-34H,2-4,9-11,26-27H2,1H3,(H,28,29)(H,30,37)(H,31,35)(H,32,36)(H,38,39). The lowest BCUT2D eigenvalue weighted by molar-refractivity contribution is -0.142. The molecule has 0 aliphatic heterocycles. The number of rotatable bonds is 16. The van der Waals surface area contributed by atoms with Gasteiger partial charge in [0.2, 0.25) is 17.7 Å². The van der Waals surface area contributed by atoms with Crippen molar-refractivity contribution in [1.29, 1.82) is 0 Å². The molecule has 5 atom stereocenters. The van der Waals surface area contributed by atoms with Crippen molar-refractivity contribution in [3.63, 3.8) is 0 Å². The molecule has 5 unspecified atom stereocenters. The lowest BCUT2D eigenvalue weighted by Gasteiger charge is -2.26. The number of carboxylic acids is 1. The van der Waals surface area contributed by atoms with Gasteiger partial charge in [-0.25, -0.2) is 9.78 Å². The molecule has 1 heterocycles. The van der Waals surface area contributed by atoms with E-state index in [1.807, 2.05) is 0 Å². The number of carboxylic acid groups (broad SMARTS) is 1. The van der Waals surface area contributed by atoms with Crippen LogP contribution in [0.2, 0.25) is 0 Å². The monoisotopic (exact) mass is 547 g/mol. The highest BCUT2D eigenvalue weighted by molar-refractivity contribution is 5.94. The average Bonchev–Trinajstić information content (AvgIpc) is 3.41. The van der Waals surface area contributed by atoms with Crippen molar-refractivity contribution in [2.45, 2.75) is 69.3 Å². The molecule has 0 spiro atoms. The Hall–Kier alpha value is -4.01. The minimum absolute atomic E-state index is 0.00594. The van der Waals surface area contributed by atoms with Gasteiger partial charge in [-0.15, -0.1) is 0 Å². The van der Waals surface area contributed by atoms with Crippen molar-refractivity contribution in [3.05, 3.63) is 48.0 Å². The molecule has 0 aliphatic carbocycles. The summed E-state index contributed by atoms with van der Waals surface area (Å²) in [4.78, 5) is 57.5. The number of carbonyl (C=O) groups excluding carboxylic acids is 3. The topological polar surface area (TPSA) is 246 Å². The van der Waals surface area contributed by atoms with Gasteiger partial charge < -0.3 is 47.7 Å². The third kappa shape index (κ3) is 10.3. The minimum Gasteiger partial charge on any atom is -0.508 e. The number of amides is 3. The van der Waals surface area contributed by atoms with Crippen LogP contribution in [0.5, 0.6) is 5.75 Å². The van der Waals surface area contributed by atoms with Gasteiger partial charge in [-0.3, -0.25) is 14.4 Å². The first-order chi connectivity index (χ1) is 18.5. The molecule has 14 nitrogen and oxygen atoms in total. The minimum atomic E-state index is -1.32. The molecule has 0 bridgehead atoms. The lowest BCUT2D eigenvalue weighted by atomic mass is 10.0. The lowest BCUT2D eigenvalue weighted by Crippen LogP contribution is -2.58. The number of aliphatic hydroxyl groups excluding tert-OH is 1. The van der Waals surface area contributed by atoms with Crippen LogP contribution in [0.15, 0.2) is 36.8 Å². The Morgan fingerprint density at radius 2 is 1.56 bits per heavy atom. The summed E-state index contributed by atoms with van der Waals surface area (Å²) in [5.74, 6) is -3.49. The number of imidazole rings is 1. The fourth-order valence-electron chi connectivity index (χ4n) is 3.69. The molecule has 0 radical (unpaired) electrons. The Morgan fingerprint density at radius 3 is 2.13 bits per heavy atom. The molecule has 14 heteroatoms. The van der Waals surface area contributed by atoms with E-state index in [1.165, 1.54) is 31.6 Å². The van der Waals surface area contributed by atoms with Gasteiger partial charge in [0.1, 0.15) is 29.9 Å². The van der Waals surface area contributed by atoms with E-state index < -0.39 is 54.0 Å². The summed E-state index contributed by atoms with van der Waals surface area (Å²) in [5.41, 5.74) is 12.3. The summed E-state index contributed by atoms with van der Waals surface area (Å²) in [7, 11) is 0. The van der Waals surface area contributed by atoms with Crippen LogP contribution in [0.3, 0.4) is 0 Å². The van der Waals surface area contributed by atoms with Gasteiger partial charge in [0, 0.05) is 24.7 Å². The number of phenols is 1. The molecular formula is C25H37N7O7. The number of aliphatic hydroxyl groups is 1. The largest absolute Gasteiger partial charge is 0.508 e. The number of nitrogens with zero attached hydrogens (tertiary/aromatic N) is 1. The van der Waals surface area contributed by atoms with E-state index in [9.17, 15) is 34.5 Å². The van der Waals surface area contributed by atoms with Gasteiger partial charge in [0.25, 0.3) is 0 Å². The van der Waals surface area contributed by atoms with E-state index in [-0.39, 0.29) is 25.0 Å². The summed E-state index contributed by atoms with van der Waals surface area (Å²) in [6, 6.07) is 1.03. The first kappa shape index (κ1) is 31.2. The quantitative estimate of drug-likeness (QED) is 0.108. The molecule has 0 fully saturated rings. The van der Waals surface area contributed by atoms with E-state index in [0.29, 0.717) is 30.6 Å². The Labute approximate surface area is 225 Å². The second-order valence-corrected chi connectivity index (χ2v) is 9.22. The zero-order chi connectivity index (χ0) is 28.9. The van der Waals surface area contributed by atoms with Gasteiger partial charge in [-0.05, 0) is 50.4 Å². The molecule has 2 rings (SSSR count). The van der Waals surface area contributed by atoms with Crippen LogP contribution < -0.4 is 27.4 Å². The number of benzene rings is 1. The Balaban J connectivity index is 2.25. The molecule has 2 aromatic rings. The van der Waals surface area contributed by atoms with Crippen LogP contribution in [-0.2, 0) is 32.0 Å². The van der Waals surface area contributed by atoms with Gasteiger partial charge in [-0.1, -0.05) is 12.1 Å². The summed E-state index contributed by atoms with van der Waals surface area (Å²) >= 11 is 0. The number of aromatic nitrogens is 2. The van der Waals surface area contributed by atoms with Crippen molar-refractivity contribution >= 4 is 23.7 Å². The fourth-order valence-corrected chi connectivity index (χ4v) is 3.69. The van der Waals surface area contributed by atoms with E-state index >= 15 is 0 Å². The predicted molar refractivity (Wildman–Crippen MR) is 140 cm³/mol.